The molecule has 0 spiro atoms. The summed E-state index contributed by atoms with van der Waals surface area (Å²) in [5, 5.41) is 0. The van der Waals surface area contributed by atoms with Gasteiger partial charge in [0.05, 0.1) is 6.61 Å². The van der Waals surface area contributed by atoms with Gasteiger partial charge >= 0.3 is 6.18 Å². The molecule has 0 unspecified atom stereocenters. The fourth-order valence-corrected chi connectivity index (χ4v) is 3.26. The third kappa shape index (κ3) is 5.52. The summed E-state index contributed by atoms with van der Waals surface area (Å²) in [6.45, 7) is 2.60. The zero-order valence-corrected chi connectivity index (χ0v) is 16.7. The van der Waals surface area contributed by atoms with Crippen molar-refractivity contribution < 1.29 is 22.6 Å². The maximum atomic E-state index is 13.4. The van der Waals surface area contributed by atoms with Gasteiger partial charge in [-0.1, -0.05) is 19.4 Å². The Morgan fingerprint density at radius 1 is 1.17 bits per heavy atom. The molecule has 1 saturated carbocycles. The van der Waals surface area contributed by atoms with Crippen LogP contribution >= 0.6 is 0 Å². The van der Waals surface area contributed by atoms with E-state index in [1.807, 2.05) is 25.1 Å². The van der Waals surface area contributed by atoms with Crippen molar-refractivity contribution in [2.75, 3.05) is 18.6 Å². The molecule has 158 valence electrons. The molecule has 1 aliphatic carbocycles. The molecular formula is C21H26F3N3O2. The van der Waals surface area contributed by atoms with Crippen LogP contribution in [0.15, 0.2) is 30.5 Å². The SMILES string of the molecule is CCCOc1cccc(N(C)c2ncc(C(F)(F)F)c(OC3CCCCC3)n2)c1. The zero-order chi connectivity index (χ0) is 20.9. The standard InChI is InChI=1S/C21H26F3N3O2/c1-3-12-28-17-11-7-8-15(13-17)27(2)20-25-14-18(21(22,23)24)19(26-20)29-16-9-5-4-6-10-16/h7-8,11,13-14,16H,3-6,9-10,12H2,1-2H3. The summed E-state index contributed by atoms with van der Waals surface area (Å²) in [7, 11) is 1.70. The van der Waals surface area contributed by atoms with Crippen molar-refractivity contribution in [1.82, 2.24) is 9.97 Å². The molecule has 5 nitrogen and oxygen atoms in total. The molecular weight excluding hydrogens is 383 g/mol. The van der Waals surface area contributed by atoms with Gasteiger partial charge in [0.15, 0.2) is 0 Å². The van der Waals surface area contributed by atoms with Crippen LogP contribution in [0.25, 0.3) is 0 Å². The minimum atomic E-state index is -4.57. The predicted molar refractivity (Wildman–Crippen MR) is 105 cm³/mol. The Labute approximate surface area is 168 Å². The Kier molecular flexibility index (Phi) is 6.82. The van der Waals surface area contributed by atoms with Gasteiger partial charge in [-0.25, -0.2) is 4.98 Å². The number of anilines is 2. The normalized spacial score (nSPS) is 15.2. The Hall–Kier alpha value is -2.51. The fraction of sp³-hybridized carbons (Fsp3) is 0.524. The second kappa shape index (κ2) is 9.33. The molecule has 1 aliphatic rings. The van der Waals surface area contributed by atoms with Crippen molar-refractivity contribution in [1.29, 1.82) is 0 Å². The maximum absolute atomic E-state index is 13.4. The van der Waals surface area contributed by atoms with Gasteiger partial charge in [0.1, 0.15) is 17.4 Å². The molecule has 0 bridgehead atoms. The lowest BCUT2D eigenvalue weighted by Crippen LogP contribution is -2.23. The van der Waals surface area contributed by atoms with Gasteiger partial charge < -0.3 is 14.4 Å². The molecule has 1 heterocycles. The quantitative estimate of drug-likeness (QED) is 0.582. The van der Waals surface area contributed by atoms with Crippen LogP contribution in [0, 0.1) is 0 Å². The molecule has 0 amide bonds. The van der Waals surface area contributed by atoms with Crippen LogP contribution in [-0.4, -0.2) is 29.7 Å². The van der Waals surface area contributed by atoms with Crippen molar-refractivity contribution >= 4 is 11.6 Å². The highest BCUT2D eigenvalue weighted by Gasteiger charge is 2.37. The molecule has 1 fully saturated rings. The summed E-state index contributed by atoms with van der Waals surface area (Å²) >= 11 is 0. The Morgan fingerprint density at radius 3 is 2.62 bits per heavy atom. The number of ether oxygens (including phenoxy) is 2. The van der Waals surface area contributed by atoms with Gasteiger partial charge in [-0.15, -0.1) is 0 Å². The van der Waals surface area contributed by atoms with Crippen molar-refractivity contribution in [3.8, 4) is 11.6 Å². The second-order valence-electron chi connectivity index (χ2n) is 7.17. The Morgan fingerprint density at radius 2 is 1.93 bits per heavy atom. The van der Waals surface area contributed by atoms with Crippen molar-refractivity contribution in [3.05, 3.63) is 36.0 Å². The lowest BCUT2D eigenvalue weighted by atomic mass is 9.98. The van der Waals surface area contributed by atoms with Crippen LogP contribution < -0.4 is 14.4 Å². The van der Waals surface area contributed by atoms with Gasteiger partial charge in [0.2, 0.25) is 11.8 Å². The van der Waals surface area contributed by atoms with Crippen molar-refractivity contribution in [2.45, 2.75) is 57.7 Å². The largest absolute Gasteiger partial charge is 0.494 e. The molecule has 2 aromatic rings. The molecule has 0 N–H and O–H groups in total. The molecule has 29 heavy (non-hydrogen) atoms. The number of halogens is 3. The van der Waals surface area contributed by atoms with Gasteiger partial charge in [0, 0.05) is 25.0 Å². The van der Waals surface area contributed by atoms with Crippen LogP contribution in [0.3, 0.4) is 0 Å². The summed E-state index contributed by atoms with van der Waals surface area (Å²) < 4.78 is 51.6. The number of hydrogen-bond acceptors (Lipinski definition) is 5. The van der Waals surface area contributed by atoms with Gasteiger partial charge in [0.25, 0.3) is 0 Å². The molecule has 8 heteroatoms. The van der Waals surface area contributed by atoms with Gasteiger partial charge in [-0.2, -0.15) is 18.2 Å². The van der Waals surface area contributed by atoms with Crippen LogP contribution in [0.2, 0.25) is 0 Å². The molecule has 1 aromatic carbocycles. The molecule has 0 atom stereocenters. The first kappa shape index (κ1) is 21.2. The van der Waals surface area contributed by atoms with E-state index in [1.165, 1.54) is 0 Å². The number of hydrogen-bond donors (Lipinski definition) is 0. The van der Waals surface area contributed by atoms with E-state index in [2.05, 4.69) is 9.97 Å². The predicted octanol–water partition coefficient (Wildman–Crippen LogP) is 5.76. The summed E-state index contributed by atoms with van der Waals surface area (Å²) in [4.78, 5) is 9.69. The Bertz CT molecular complexity index is 808. The molecule has 0 aliphatic heterocycles. The number of aromatic nitrogens is 2. The topological polar surface area (TPSA) is 47.5 Å². The lowest BCUT2D eigenvalue weighted by Gasteiger charge is -2.25. The number of alkyl halides is 3. The maximum Gasteiger partial charge on any atom is 0.423 e. The summed E-state index contributed by atoms with van der Waals surface area (Å²) in [6.07, 6.45) is 1.33. The monoisotopic (exact) mass is 409 g/mol. The van der Waals surface area contributed by atoms with E-state index in [-0.39, 0.29) is 12.1 Å². The third-order valence-electron chi connectivity index (χ3n) is 4.85. The van der Waals surface area contributed by atoms with E-state index in [0.29, 0.717) is 18.0 Å². The fourth-order valence-electron chi connectivity index (χ4n) is 3.26. The third-order valence-corrected chi connectivity index (χ3v) is 4.85. The highest BCUT2D eigenvalue weighted by molar-refractivity contribution is 5.59. The highest BCUT2D eigenvalue weighted by Crippen LogP contribution is 2.37. The van der Waals surface area contributed by atoms with Gasteiger partial charge in [-0.05, 0) is 44.2 Å². The first-order valence-electron chi connectivity index (χ1n) is 9.96. The van der Waals surface area contributed by atoms with E-state index in [0.717, 1.165) is 44.7 Å². The van der Waals surface area contributed by atoms with E-state index in [9.17, 15) is 13.2 Å². The summed E-state index contributed by atoms with van der Waals surface area (Å²) in [6, 6.07) is 7.28. The van der Waals surface area contributed by atoms with Crippen LogP contribution in [0.4, 0.5) is 24.8 Å². The molecule has 1 aromatic heterocycles. The first-order chi connectivity index (χ1) is 13.9. The minimum Gasteiger partial charge on any atom is -0.494 e. The van der Waals surface area contributed by atoms with E-state index in [4.69, 9.17) is 9.47 Å². The highest BCUT2D eigenvalue weighted by atomic mass is 19.4. The first-order valence-corrected chi connectivity index (χ1v) is 9.96. The second-order valence-corrected chi connectivity index (χ2v) is 7.17. The average molecular weight is 409 g/mol. The van der Waals surface area contributed by atoms with E-state index >= 15 is 0 Å². The average Bonchev–Trinajstić information content (AvgIpc) is 2.72. The lowest BCUT2D eigenvalue weighted by molar-refractivity contribution is -0.140. The molecule has 3 rings (SSSR count). The van der Waals surface area contributed by atoms with Gasteiger partial charge in [-0.3, -0.25) is 0 Å². The Balaban J connectivity index is 1.87. The van der Waals surface area contributed by atoms with Crippen LogP contribution in [-0.2, 0) is 6.18 Å². The number of benzene rings is 1. The number of nitrogens with zero attached hydrogens (tertiary/aromatic N) is 3. The summed E-state index contributed by atoms with van der Waals surface area (Å²) in [5.41, 5.74) is -0.234. The molecule has 0 saturated heterocycles. The van der Waals surface area contributed by atoms with Crippen LogP contribution in [0.5, 0.6) is 11.6 Å². The molecule has 0 radical (unpaired) electrons. The number of rotatable bonds is 7. The van der Waals surface area contributed by atoms with E-state index in [1.54, 1.807) is 18.0 Å². The van der Waals surface area contributed by atoms with Crippen molar-refractivity contribution in [2.24, 2.45) is 0 Å². The zero-order valence-electron chi connectivity index (χ0n) is 16.7. The summed E-state index contributed by atoms with van der Waals surface area (Å²) in [5.74, 6) is 0.415. The van der Waals surface area contributed by atoms with Crippen LogP contribution in [0.1, 0.15) is 51.0 Å². The van der Waals surface area contributed by atoms with E-state index < -0.39 is 17.6 Å². The smallest absolute Gasteiger partial charge is 0.423 e. The van der Waals surface area contributed by atoms with Crippen molar-refractivity contribution in [3.63, 3.8) is 0 Å². The minimum absolute atomic E-state index is 0.136.